The van der Waals surface area contributed by atoms with Crippen LogP contribution in [0.5, 0.6) is 5.75 Å². The third-order valence-corrected chi connectivity index (χ3v) is 4.97. The first-order chi connectivity index (χ1) is 10.2. The van der Waals surface area contributed by atoms with Crippen molar-refractivity contribution >= 4 is 33.3 Å². The zero-order valence-corrected chi connectivity index (χ0v) is 13.8. The normalized spacial score (nSPS) is 11.2. The van der Waals surface area contributed by atoms with Crippen molar-refractivity contribution in [2.24, 2.45) is 0 Å². The fraction of sp³-hybridized carbons (Fsp3) is 0.250. The van der Waals surface area contributed by atoms with Gasteiger partial charge in [0.15, 0.2) is 0 Å². The summed E-state index contributed by atoms with van der Waals surface area (Å²) >= 11 is 3.44. The number of hydrogen-bond donors (Lipinski definition) is 0. The molecule has 0 fully saturated rings. The summed E-state index contributed by atoms with van der Waals surface area (Å²) in [5.74, 6) is 0.867. The summed E-state index contributed by atoms with van der Waals surface area (Å²) in [5, 5.41) is 4.87. The molecular weight excluding hydrogens is 300 g/mol. The summed E-state index contributed by atoms with van der Waals surface area (Å²) in [6, 6.07) is 8.13. The van der Waals surface area contributed by atoms with Crippen molar-refractivity contribution < 1.29 is 4.74 Å². The number of methoxy groups -OCH3 is 1. The fourth-order valence-electron chi connectivity index (χ4n) is 2.14. The van der Waals surface area contributed by atoms with E-state index in [1.165, 1.54) is 11.1 Å². The minimum Gasteiger partial charge on any atom is -0.497 e. The molecule has 0 saturated carbocycles. The van der Waals surface area contributed by atoms with Gasteiger partial charge < -0.3 is 4.74 Å². The van der Waals surface area contributed by atoms with Crippen molar-refractivity contribution in [3.05, 3.63) is 36.0 Å². The van der Waals surface area contributed by atoms with Crippen LogP contribution in [0.25, 0.3) is 21.3 Å². The lowest BCUT2D eigenvalue weighted by molar-refractivity contribution is 0.415. The predicted molar refractivity (Wildman–Crippen MR) is 90.4 cm³/mol. The number of ether oxygens (including phenoxy) is 1. The number of hydrogen-bond acceptors (Lipinski definition) is 5. The highest BCUT2D eigenvalue weighted by Crippen LogP contribution is 2.39. The molecule has 0 saturated heterocycles. The van der Waals surface area contributed by atoms with Gasteiger partial charge in [-0.25, -0.2) is 9.97 Å². The molecule has 0 bridgehead atoms. The molecule has 0 N–H and O–H groups in total. The Morgan fingerprint density at radius 1 is 1.14 bits per heavy atom. The van der Waals surface area contributed by atoms with Gasteiger partial charge in [0, 0.05) is 16.2 Å². The lowest BCUT2D eigenvalue weighted by atomic mass is 10.1. The smallest absolute Gasteiger partial charge is 0.128 e. The van der Waals surface area contributed by atoms with E-state index in [9.17, 15) is 0 Å². The summed E-state index contributed by atoms with van der Waals surface area (Å²) in [7, 11) is 1.68. The summed E-state index contributed by atoms with van der Waals surface area (Å²) in [6.45, 7) is 4.36. The van der Waals surface area contributed by atoms with E-state index in [0.29, 0.717) is 5.25 Å². The number of thiophene rings is 1. The fourth-order valence-corrected chi connectivity index (χ4v) is 4.00. The van der Waals surface area contributed by atoms with E-state index >= 15 is 0 Å². The van der Waals surface area contributed by atoms with Crippen LogP contribution in [0.4, 0.5) is 0 Å². The third-order valence-electron chi connectivity index (χ3n) is 3.08. The highest BCUT2D eigenvalue weighted by Gasteiger charge is 2.14. The van der Waals surface area contributed by atoms with Crippen molar-refractivity contribution in [1.29, 1.82) is 0 Å². The number of rotatable bonds is 4. The topological polar surface area (TPSA) is 35.0 Å². The SMILES string of the molecule is COc1ccc(-c2csc3ncnc(SC(C)C)c23)cc1. The molecule has 0 aliphatic carbocycles. The lowest BCUT2D eigenvalue weighted by Gasteiger charge is -2.07. The minimum absolute atomic E-state index is 0.492. The molecule has 0 unspecified atom stereocenters. The van der Waals surface area contributed by atoms with E-state index in [-0.39, 0.29) is 0 Å². The molecule has 0 spiro atoms. The van der Waals surface area contributed by atoms with Crippen LogP contribution < -0.4 is 4.74 Å². The lowest BCUT2D eigenvalue weighted by Crippen LogP contribution is -1.91. The van der Waals surface area contributed by atoms with Crippen molar-refractivity contribution in [2.75, 3.05) is 7.11 Å². The van der Waals surface area contributed by atoms with Crippen LogP contribution in [0, 0.1) is 0 Å². The van der Waals surface area contributed by atoms with Gasteiger partial charge in [0.25, 0.3) is 0 Å². The van der Waals surface area contributed by atoms with Crippen LogP contribution >= 0.6 is 23.1 Å². The molecule has 0 aliphatic rings. The van der Waals surface area contributed by atoms with Gasteiger partial charge in [-0.3, -0.25) is 0 Å². The van der Waals surface area contributed by atoms with E-state index in [0.717, 1.165) is 21.0 Å². The quantitative estimate of drug-likeness (QED) is 0.508. The summed E-state index contributed by atoms with van der Waals surface area (Å²) in [5.41, 5.74) is 2.36. The molecule has 5 heteroatoms. The monoisotopic (exact) mass is 316 g/mol. The first-order valence-corrected chi connectivity index (χ1v) is 8.48. The zero-order chi connectivity index (χ0) is 14.8. The van der Waals surface area contributed by atoms with E-state index < -0.39 is 0 Å². The molecule has 0 amide bonds. The van der Waals surface area contributed by atoms with Crippen molar-refractivity contribution in [1.82, 2.24) is 9.97 Å². The Morgan fingerprint density at radius 3 is 2.57 bits per heavy atom. The number of fused-ring (bicyclic) bond motifs is 1. The number of benzene rings is 1. The molecule has 3 aromatic rings. The average Bonchev–Trinajstić information content (AvgIpc) is 2.92. The largest absolute Gasteiger partial charge is 0.497 e. The maximum Gasteiger partial charge on any atom is 0.128 e. The van der Waals surface area contributed by atoms with Crippen LogP contribution in [-0.4, -0.2) is 22.3 Å². The molecule has 0 atom stereocenters. The van der Waals surface area contributed by atoms with Gasteiger partial charge in [0.05, 0.1) is 12.5 Å². The highest BCUT2D eigenvalue weighted by molar-refractivity contribution is 8.00. The maximum atomic E-state index is 5.22. The number of thioether (sulfide) groups is 1. The minimum atomic E-state index is 0.492. The van der Waals surface area contributed by atoms with E-state index in [4.69, 9.17) is 4.74 Å². The summed E-state index contributed by atoms with van der Waals surface area (Å²) in [4.78, 5) is 9.91. The van der Waals surface area contributed by atoms with Gasteiger partial charge in [-0.1, -0.05) is 26.0 Å². The first kappa shape index (κ1) is 14.4. The van der Waals surface area contributed by atoms with Crippen molar-refractivity contribution in [3.63, 3.8) is 0 Å². The Morgan fingerprint density at radius 2 is 1.90 bits per heavy atom. The number of nitrogens with zero attached hydrogens (tertiary/aromatic N) is 2. The van der Waals surface area contributed by atoms with Gasteiger partial charge in [0.1, 0.15) is 21.9 Å². The Hall–Kier alpha value is -1.59. The van der Waals surface area contributed by atoms with E-state index in [1.54, 1.807) is 36.5 Å². The zero-order valence-electron chi connectivity index (χ0n) is 12.2. The second-order valence-electron chi connectivity index (χ2n) is 4.90. The highest BCUT2D eigenvalue weighted by atomic mass is 32.2. The van der Waals surface area contributed by atoms with Gasteiger partial charge in [-0.15, -0.1) is 23.1 Å². The Bertz CT molecular complexity index is 751. The van der Waals surface area contributed by atoms with Crippen molar-refractivity contribution in [3.8, 4) is 16.9 Å². The van der Waals surface area contributed by atoms with Crippen LogP contribution in [0.2, 0.25) is 0 Å². The second kappa shape index (κ2) is 6.03. The molecule has 108 valence electrons. The predicted octanol–water partition coefficient (Wildman–Crippen LogP) is 4.87. The van der Waals surface area contributed by atoms with Gasteiger partial charge in [0.2, 0.25) is 0 Å². The standard InChI is InChI=1S/C16H16N2OS2/c1-10(2)21-16-14-13(8-20-15(14)17-9-18-16)11-4-6-12(19-3)7-5-11/h4-10H,1-3H3. The Kier molecular flexibility index (Phi) is 4.12. The summed E-state index contributed by atoms with van der Waals surface area (Å²) in [6.07, 6.45) is 1.65. The molecular formula is C16H16N2OS2. The molecule has 2 aromatic heterocycles. The van der Waals surface area contributed by atoms with E-state index in [2.05, 4.69) is 41.3 Å². The van der Waals surface area contributed by atoms with E-state index in [1.807, 2.05) is 12.1 Å². The molecule has 0 radical (unpaired) electrons. The van der Waals surface area contributed by atoms with Crippen molar-refractivity contribution in [2.45, 2.75) is 24.1 Å². The first-order valence-electron chi connectivity index (χ1n) is 6.72. The average molecular weight is 316 g/mol. The maximum absolute atomic E-state index is 5.22. The molecule has 3 nitrogen and oxygen atoms in total. The molecule has 2 heterocycles. The van der Waals surface area contributed by atoms with Crippen LogP contribution in [-0.2, 0) is 0 Å². The second-order valence-corrected chi connectivity index (χ2v) is 7.33. The van der Waals surface area contributed by atoms with Gasteiger partial charge in [-0.05, 0) is 17.7 Å². The third kappa shape index (κ3) is 2.89. The summed E-state index contributed by atoms with van der Waals surface area (Å²) < 4.78 is 5.22. The molecule has 3 rings (SSSR count). The van der Waals surface area contributed by atoms with Crippen LogP contribution in [0.15, 0.2) is 41.0 Å². The molecule has 21 heavy (non-hydrogen) atoms. The molecule has 0 aliphatic heterocycles. The Labute approximate surface area is 132 Å². The molecule has 1 aromatic carbocycles. The van der Waals surface area contributed by atoms with Gasteiger partial charge >= 0.3 is 0 Å². The number of aromatic nitrogens is 2. The van der Waals surface area contributed by atoms with Gasteiger partial charge in [-0.2, -0.15) is 0 Å². The van der Waals surface area contributed by atoms with Crippen LogP contribution in [0.1, 0.15) is 13.8 Å². The van der Waals surface area contributed by atoms with Crippen LogP contribution in [0.3, 0.4) is 0 Å². The Balaban J connectivity index is 2.13.